The van der Waals surface area contributed by atoms with Gasteiger partial charge in [-0.05, 0) is 31.4 Å². The van der Waals surface area contributed by atoms with Gasteiger partial charge in [0.05, 0.1) is 6.61 Å². The van der Waals surface area contributed by atoms with Crippen molar-refractivity contribution < 1.29 is 9.53 Å². The summed E-state index contributed by atoms with van der Waals surface area (Å²) in [6.07, 6.45) is 2.49. The summed E-state index contributed by atoms with van der Waals surface area (Å²) in [4.78, 5) is 21.7. The number of esters is 1. The number of pyridine rings is 1. The normalized spacial score (nSPS) is 12.8. The highest BCUT2D eigenvalue weighted by Crippen LogP contribution is 2.31. The van der Waals surface area contributed by atoms with Crippen molar-refractivity contribution in [2.24, 2.45) is 5.92 Å². The number of ether oxygens (including phenoxy) is 1. The van der Waals surface area contributed by atoms with Crippen LogP contribution in [0.15, 0.2) is 18.3 Å². The van der Waals surface area contributed by atoms with E-state index >= 15 is 0 Å². The minimum atomic E-state index is -0.279. The lowest BCUT2D eigenvalue weighted by molar-refractivity contribution is -0.145. The fraction of sp³-hybridized carbons (Fsp3) is 0.500. The maximum absolute atomic E-state index is 12.1. The van der Waals surface area contributed by atoms with Crippen molar-refractivity contribution in [2.75, 3.05) is 6.61 Å². The van der Waals surface area contributed by atoms with Gasteiger partial charge in [0.15, 0.2) is 0 Å². The van der Waals surface area contributed by atoms with E-state index in [9.17, 15) is 4.79 Å². The zero-order chi connectivity index (χ0) is 13.8. The van der Waals surface area contributed by atoms with Crippen molar-refractivity contribution in [2.45, 2.75) is 33.1 Å². The average molecular weight is 278 g/mol. The van der Waals surface area contributed by atoms with Crippen LogP contribution in [-0.4, -0.2) is 22.5 Å². The molecule has 1 atom stereocenters. The minimum absolute atomic E-state index is 0.185. The van der Waals surface area contributed by atoms with E-state index in [2.05, 4.69) is 23.8 Å². The molecular formula is C14H18N2O2S. The Labute approximate surface area is 116 Å². The molecule has 0 fully saturated rings. The SMILES string of the molecule is CCOC(=O)C(CC(C)C)c1nc2cccnc2s1. The summed E-state index contributed by atoms with van der Waals surface area (Å²) in [5, 5.41) is 0.806. The van der Waals surface area contributed by atoms with Crippen LogP contribution in [0.2, 0.25) is 0 Å². The number of nitrogens with zero attached hydrogens (tertiary/aromatic N) is 2. The van der Waals surface area contributed by atoms with Crippen LogP contribution in [0.1, 0.15) is 38.1 Å². The fourth-order valence-corrected chi connectivity index (χ4v) is 2.96. The highest BCUT2D eigenvalue weighted by Gasteiger charge is 2.26. The van der Waals surface area contributed by atoms with Crippen molar-refractivity contribution in [3.8, 4) is 0 Å². The van der Waals surface area contributed by atoms with Gasteiger partial charge in [-0.1, -0.05) is 25.2 Å². The first-order valence-electron chi connectivity index (χ1n) is 6.50. The molecule has 2 heterocycles. The van der Waals surface area contributed by atoms with Gasteiger partial charge in [0, 0.05) is 6.20 Å². The smallest absolute Gasteiger partial charge is 0.315 e. The maximum atomic E-state index is 12.1. The molecule has 5 heteroatoms. The Hall–Kier alpha value is -1.49. The molecule has 0 spiro atoms. The first-order chi connectivity index (χ1) is 9.11. The van der Waals surface area contributed by atoms with Gasteiger partial charge in [-0.15, -0.1) is 0 Å². The third-order valence-corrected chi connectivity index (χ3v) is 3.85. The summed E-state index contributed by atoms with van der Waals surface area (Å²) in [6.45, 7) is 6.41. The van der Waals surface area contributed by atoms with Gasteiger partial charge >= 0.3 is 5.97 Å². The molecule has 0 aromatic carbocycles. The largest absolute Gasteiger partial charge is 0.465 e. The average Bonchev–Trinajstić information content (AvgIpc) is 2.79. The second-order valence-corrected chi connectivity index (χ2v) is 5.82. The Balaban J connectivity index is 2.33. The van der Waals surface area contributed by atoms with Crippen LogP contribution in [0.25, 0.3) is 10.3 Å². The molecule has 0 aliphatic carbocycles. The number of hydrogen-bond donors (Lipinski definition) is 0. The number of fused-ring (bicyclic) bond motifs is 1. The zero-order valence-corrected chi connectivity index (χ0v) is 12.2. The van der Waals surface area contributed by atoms with Crippen molar-refractivity contribution in [1.82, 2.24) is 9.97 Å². The van der Waals surface area contributed by atoms with Crippen LogP contribution >= 0.6 is 11.3 Å². The summed E-state index contributed by atoms with van der Waals surface area (Å²) in [7, 11) is 0. The van der Waals surface area contributed by atoms with E-state index < -0.39 is 0 Å². The number of hydrogen-bond acceptors (Lipinski definition) is 5. The van der Waals surface area contributed by atoms with Gasteiger partial charge in [-0.25, -0.2) is 9.97 Å². The third-order valence-electron chi connectivity index (χ3n) is 2.76. The Kier molecular flexibility index (Phi) is 4.47. The zero-order valence-electron chi connectivity index (χ0n) is 11.4. The fourth-order valence-electron chi connectivity index (χ4n) is 1.95. The molecular weight excluding hydrogens is 260 g/mol. The lowest BCUT2D eigenvalue weighted by atomic mass is 9.98. The van der Waals surface area contributed by atoms with Crippen LogP contribution in [0, 0.1) is 5.92 Å². The van der Waals surface area contributed by atoms with Crippen molar-refractivity contribution in [3.63, 3.8) is 0 Å². The topological polar surface area (TPSA) is 52.1 Å². The molecule has 0 amide bonds. The van der Waals surface area contributed by atoms with E-state index in [1.165, 1.54) is 11.3 Å². The van der Waals surface area contributed by atoms with E-state index in [1.807, 2.05) is 19.1 Å². The molecule has 19 heavy (non-hydrogen) atoms. The van der Waals surface area contributed by atoms with Crippen LogP contribution < -0.4 is 0 Å². The molecule has 0 saturated carbocycles. The van der Waals surface area contributed by atoms with E-state index in [0.29, 0.717) is 12.5 Å². The molecule has 0 N–H and O–H groups in total. The Morgan fingerprint density at radius 2 is 2.26 bits per heavy atom. The van der Waals surface area contributed by atoms with Gasteiger partial charge in [-0.2, -0.15) is 0 Å². The van der Waals surface area contributed by atoms with Gasteiger partial charge in [0.25, 0.3) is 0 Å². The highest BCUT2D eigenvalue weighted by atomic mass is 32.1. The first kappa shape index (κ1) is 13.9. The molecule has 0 bridgehead atoms. The van der Waals surface area contributed by atoms with Crippen LogP contribution in [0.3, 0.4) is 0 Å². The molecule has 4 nitrogen and oxygen atoms in total. The van der Waals surface area contributed by atoms with Crippen LogP contribution in [0.4, 0.5) is 0 Å². The summed E-state index contributed by atoms with van der Waals surface area (Å²) < 4.78 is 5.16. The lowest BCUT2D eigenvalue weighted by Gasteiger charge is -2.14. The molecule has 102 valence electrons. The molecule has 1 unspecified atom stereocenters. The summed E-state index contributed by atoms with van der Waals surface area (Å²) in [5.41, 5.74) is 0.848. The van der Waals surface area contributed by atoms with E-state index in [0.717, 1.165) is 21.8 Å². The molecule has 0 aliphatic heterocycles. The van der Waals surface area contributed by atoms with Gasteiger partial charge in [-0.3, -0.25) is 4.79 Å². The highest BCUT2D eigenvalue weighted by molar-refractivity contribution is 7.18. The van der Waals surface area contributed by atoms with E-state index in [4.69, 9.17) is 4.74 Å². The van der Waals surface area contributed by atoms with E-state index in [1.54, 1.807) is 6.20 Å². The first-order valence-corrected chi connectivity index (χ1v) is 7.31. The van der Waals surface area contributed by atoms with Gasteiger partial charge in [0.2, 0.25) is 0 Å². The second kappa shape index (κ2) is 6.10. The van der Waals surface area contributed by atoms with Crippen molar-refractivity contribution in [1.29, 1.82) is 0 Å². The minimum Gasteiger partial charge on any atom is -0.465 e. The van der Waals surface area contributed by atoms with Crippen molar-refractivity contribution >= 4 is 27.7 Å². The lowest BCUT2D eigenvalue weighted by Crippen LogP contribution is -2.17. The summed E-state index contributed by atoms with van der Waals surface area (Å²) >= 11 is 1.48. The molecule has 2 rings (SSSR count). The Bertz CT molecular complexity index is 532. The molecule has 0 aliphatic rings. The quantitative estimate of drug-likeness (QED) is 0.787. The molecule has 0 radical (unpaired) electrons. The Morgan fingerprint density at radius 1 is 1.47 bits per heavy atom. The Morgan fingerprint density at radius 3 is 2.89 bits per heavy atom. The number of rotatable bonds is 5. The van der Waals surface area contributed by atoms with Gasteiger partial charge < -0.3 is 4.74 Å². The van der Waals surface area contributed by atoms with Gasteiger partial charge in [0.1, 0.15) is 21.3 Å². The predicted octanol–water partition coefficient (Wildman–Crippen LogP) is 3.38. The molecule has 0 saturated heterocycles. The molecule has 2 aromatic rings. The van der Waals surface area contributed by atoms with E-state index in [-0.39, 0.29) is 11.9 Å². The molecule has 2 aromatic heterocycles. The van der Waals surface area contributed by atoms with Crippen LogP contribution in [-0.2, 0) is 9.53 Å². The summed E-state index contributed by atoms with van der Waals surface area (Å²) in [5.74, 6) is -0.0521. The standard InChI is InChI=1S/C14H18N2O2S/c1-4-18-14(17)10(8-9(2)3)12-16-11-6-5-7-15-13(11)19-12/h5-7,9-10H,4,8H2,1-3H3. The van der Waals surface area contributed by atoms with Crippen LogP contribution in [0.5, 0.6) is 0 Å². The number of aromatic nitrogens is 2. The number of carbonyl (C=O) groups excluding carboxylic acids is 1. The number of carbonyl (C=O) groups is 1. The number of thiazole rings is 1. The third kappa shape index (κ3) is 3.29. The van der Waals surface area contributed by atoms with Crippen molar-refractivity contribution in [3.05, 3.63) is 23.3 Å². The monoisotopic (exact) mass is 278 g/mol. The maximum Gasteiger partial charge on any atom is 0.315 e. The summed E-state index contributed by atoms with van der Waals surface area (Å²) in [6, 6.07) is 3.77. The predicted molar refractivity (Wildman–Crippen MR) is 76.2 cm³/mol. The second-order valence-electron chi connectivity index (χ2n) is 4.81.